The molecule has 0 atom stereocenters. The lowest BCUT2D eigenvalue weighted by Gasteiger charge is -2.13. The monoisotopic (exact) mass is 918 g/mol. The Balaban J connectivity index is 0.000000194. The Bertz CT molecular complexity index is 3110. The first-order chi connectivity index (χ1) is 31.3. The number of methoxy groups -OCH3 is 1. The number of fused-ring (bicyclic) bond motifs is 2. The molecule has 4 heterocycles. The van der Waals surface area contributed by atoms with E-state index < -0.39 is 25.9 Å². The second-order valence-electron chi connectivity index (χ2n) is 14.3. The van der Waals surface area contributed by atoms with Gasteiger partial charge in [-0.2, -0.15) is 0 Å². The highest BCUT2D eigenvalue weighted by atomic mass is 32.2. The molecule has 19 heteroatoms. The zero-order valence-corrected chi connectivity index (χ0v) is 36.6. The number of hydrogen-bond acceptors (Lipinski definition) is 10. The standard InChI is InChI=1S/C24H24N4O4S.C22H19FN4O4S/c1-2-13-32-23-6-4-3-5-21(23)28-33(30,31)19-9-7-17(8-10-19)15-26-24(29)22-14-18-16-25-12-11-20(18)27-22;1-31-21-7-4-16(23)11-19(21)27-32(29,30)17-5-2-14(3-6-17)12-25-22(28)20-10-15-13-24-9-8-18(15)26-20/h3-12,14,16,27-28H,2,13,15H2,1H3,(H,26,29);2-11,13,26-27H,12H2,1H3,(H,25,28). The van der Waals surface area contributed by atoms with Gasteiger partial charge in [0.1, 0.15) is 28.7 Å². The Morgan fingerprint density at radius 2 is 1.14 bits per heavy atom. The van der Waals surface area contributed by atoms with E-state index in [1.54, 1.807) is 97.6 Å². The summed E-state index contributed by atoms with van der Waals surface area (Å²) in [6.45, 7) is 2.94. The maximum Gasteiger partial charge on any atom is 0.267 e. The van der Waals surface area contributed by atoms with Gasteiger partial charge in [-0.3, -0.25) is 29.0 Å². The van der Waals surface area contributed by atoms with E-state index in [1.807, 2.05) is 6.92 Å². The van der Waals surface area contributed by atoms with Crippen LogP contribution < -0.4 is 29.6 Å². The third kappa shape index (κ3) is 11.4. The fourth-order valence-corrected chi connectivity index (χ4v) is 8.50. The minimum Gasteiger partial charge on any atom is -0.495 e. The minimum atomic E-state index is -3.96. The van der Waals surface area contributed by atoms with Gasteiger partial charge < -0.3 is 30.1 Å². The number of halogens is 1. The lowest BCUT2D eigenvalue weighted by molar-refractivity contribution is 0.0939. The van der Waals surface area contributed by atoms with Gasteiger partial charge >= 0.3 is 0 Å². The first-order valence-corrected chi connectivity index (χ1v) is 23.0. The van der Waals surface area contributed by atoms with E-state index in [-0.39, 0.29) is 46.1 Å². The van der Waals surface area contributed by atoms with Crippen molar-refractivity contribution in [3.63, 3.8) is 0 Å². The molecule has 0 radical (unpaired) electrons. The SMILES string of the molecule is CCCOc1ccccc1NS(=O)(=O)c1ccc(CNC(=O)c2cc3cnccc3[nH]2)cc1.COc1ccc(F)cc1NS(=O)(=O)c1ccc(CNC(=O)c2cc3cnccc3[nH]2)cc1. The lowest BCUT2D eigenvalue weighted by Crippen LogP contribution is -2.23. The van der Waals surface area contributed by atoms with E-state index in [4.69, 9.17) is 9.47 Å². The quantitative estimate of drug-likeness (QED) is 0.0559. The van der Waals surface area contributed by atoms with Gasteiger partial charge in [0, 0.05) is 65.7 Å². The van der Waals surface area contributed by atoms with Gasteiger partial charge in [0.2, 0.25) is 0 Å². The number of ether oxygens (including phenoxy) is 2. The van der Waals surface area contributed by atoms with Crippen LogP contribution in [-0.4, -0.2) is 62.3 Å². The molecule has 0 bridgehead atoms. The highest BCUT2D eigenvalue weighted by Gasteiger charge is 2.19. The topological polar surface area (TPSA) is 226 Å². The minimum absolute atomic E-state index is 0.00243. The molecule has 0 aliphatic rings. The Hall–Kier alpha value is -7.77. The number of para-hydroxylation sites is 2. The van der Waals surface area contributed by atoms with Crippen molar-refractivity contribution in [3.8, 4) is 11.5 Å². The fourth-order valence-electron chi connectivity index (χ4n) is 6.37. The van der Waals surface area contributed by atoms with Crippen molar-refractivity contribution in [1.29, 1.82) is 0 Å². The highest BCUT2D eigenvalue weighted by molar-refractivity contribution is 7.93. The molecular weight excluding hydrogens is 876 g/mol. The summed E-state index contributed by atoms with van der Waals surface area (Å²) in [5.74, 6) is -0.469. The van der Waals surface area contributed by atoms with Crippen LogP contribution in [0.15, 0.2) is 150 Å². The molecule has 65 heavy (non-hydrogen) atoms. The molecule has 8 rings (SSSR count). The molecule has 8 aromatic rings. The number of H-pyrrole nitrogens is 2. The smallest absolute Gasteiger partial charge is 0.267 e. The lowest BCUT2D eigenvalue weighted by atomic mass is 10.2. The van der Waals surface area contributed by atoms with Gasteiger partial charge in [0.25, 0.3) is 31.9 Å². The Kier molecular flexibility index (Phi) is 14.0. The number of anilines is 2. The molecule has 4 aromatic carbocycles. The first kappa shape index (κ1) is 45.3. The number of rotatable bonds is 16. The molecule has 0 saturated carbocycles. The van der Waals surface area contributed by atoms with Crippen LogP contribution in [-0.2, 0) is 33.1 Å². The maximum absolute atomic E-state index is 13.5. The van der Waals surface area contributed by atoms with Crippen molar-refractivity contribution in [2.24, 2.45) is 0 Å². The number of nitrogens with zero attached hydrogens (tertiary/aromatic N) is 2. The first-order valence-electron chi connectivity index (χ1n) is 20.0. The van der Waals surface area contributed by atoms with Gasteiger partial charge in [-0.05, 0) is 90.3 Å². The molecule has 0 fully saturated rings. The third-order valence-corrected chi connectivity index (χ3v) is 12.5. The van der Waals surface area contributed by atoms with Crippen LogP contribution in [0.1, 0.15) is 45.4 Å². The summed E-state index contributed by atoms with van der Waals surface area (Å²) >= 11 is 0. The molecule has 0 aliphatic heterocycles. The Labute approximate surface area is 373 Å². The number of aromatic amines is 2. The third-order valence-electron chi connectivity index (χ3n) is 9.70. The van der Waals surface area contributed by atoms with Gasteiger partial charge in [-0.1, -0.05) is 43.3 Å². The van der Waals surface area contributed by atoms with Crippen molar-refractivity contribution in [2.45, 2.75) is 36.2 Å². The molecular formula is C46H43FN8O8S2. The number of sulfonamides is 2. The maximum atomic E-state index is 13.5. The molecule has 0 aliphatic carbocycles. The van der Waals surface area contributed by atoms with E-state index >= 15 is 0 Å². The van der Waals surface area contributed by atoms with Crippen molar-refractivity contribution in [1.82, 2.24) is 30.6 Å². The molecule has 0 spiro atoms. The molecule has 4 aromatic heterocycles. The normalized spacial score (nSPS) is 11.3. The van der Waals surface area contributed by atoms with Crippen LogP contribution in [0.5, 0.6) is 11.5 Å². The molecule has 16 nitrogen and oxygen atoms in total. The largest absolute Gasteiger partial charge is 0.495 e. The number of hydrogen-bond donors (Lipinski definition) is 6. The van der Waals surface area contributed by atoms with Crippen molar-refractivity contribution in [3.05, 3.63) is 168 Å². The van der Waals surface area contributed by atoms with Gasteiger partial charge in [0.05, 0.1) is 34.9 Å². The zero-order chi connectivity index (χ0) is 46.0. The van der Waals surface area contributed by atoms with Gasteiger partial charge in [-0.25, -0.2) is 21.2 Å². The second kappa shape index (κ2) is 20.2. The average Bonchev–Trinajstić information content (AvgIpc) is 3.96. The summed E-state index contributed by atoms with van der Waals surface area (Å²) in [7, 11) is -6.40. The van der Waals surface area contributed by atoms with Crippen LogP contribution in [0.4, 0.5) is 15.8 Å². The van der Waals surface area contributed by atoms with Crippen LogP contribution in [0.25, 0.3) is 21.8 Å². The Morgan fingerprint density at radius 1 is 0.631 bits per heavy atom. The molecule has 2 amide bonds. The number of nitrogens with one attached hydrogen (secondary N) is 6. The predicted octanol–water partition coefficient (Wildman–Crippen LogP) is 7.52. The predicted molar refractivity (Wildman–Crippen MR) is 244 cm³/mol. The number of benzene rings is 4. The van der Waals surface area contributed by atoms with E-state index in [0.717, 1.165) is 39.9 Å². The molecule has 0 unspecified atom stereocenters. The Morgan fingerprint density at radius 3 is 1.63 bits per heavy atom. The van der Waals surface area contributed by atoms with E-state index in [9.17, 15) is 30.8 Å². The zero-order valence-electron chi connectivity index (χ0n) is 35.0. The summed E-state index contributed by atoms with van der Waals surface area (Å²) in [6, 6.07) is 29.8. The van der Waals surface area contributed by atoms with E-state index in [1.165, 1.54) is 43.5 Å². The second-order valence-corrected chi connectivity index (χ2v) is 17.7. The van der Waals surface area contributed by atoms with Crippen LogP contribution in [0, 0.1) is 5.82 Å². The molecule has 334 valence electrons. The number of pyridine rings is 2. The summed E-state index contributed by atoms with van der Waals surface area (Å²) in [5, 5.41) is 7.29. The molecule has 6 N–H and O–H groups in total. The van der Waals surface area contributed by atoms with Gasteiger partial charge in [0.15, 0.2) is 0 Å². The number of amides is 2. The van der Waals surface area contributed by atoms with Crippen LogP contribution >= 0.6 is 0 Å². The van der Waals surface area contributed by atoms with Crippen molar-refractivity contribution < 1.29 is 40.3 Å². The fraction of sp³-hybridized carbons (Fsp3) is 0.130. The van der Waals surface area contributed by atoms with Crippen molar-refractivity contribution >= 4 is 65.0 Å². The summed E-state index contributed by atoms with van der Waals surface area (Å²) in [4.78, 5) is 39.1. The van der Waals surface area contributed by atoms with Crippen molar-refractivity contribution in [2.75, 3.05) is 23.2 Å². The van der Waals surface area contributed by atoms with E-state index in [0.29, 0.717) is 35.0 Å². The average molecular weight is 919 g/mol. The van der Waals surface area contributed by atoms with E-state index in [2.05, 4.69) is 40.0 Å². The summed E-state index contributed by atoms with van der Waals surface area (Å²) in [5.41, 5.74) is 4.34. The van der Waals surface area contributed by atoms with Crippen LogP contribution in [0.2, 0.25) is 0 Å². The number of carbonyl (C=O) groups excluding carboxylic acids is 2. The summed E-state index contributed by atoms with van der Waals surface area (Å²) in [6.07, 6.45) is 7.45. The number of carbonyl (C=O) groups is 2. The summed E-state index contributed by atoms with van der Waals surface area (Å²) < 4.78 is 80.1. The molecule has 0 saturated heterocycles. The number of aromatic nitrogens is 4. The highest BCUT2D eigenvalue weighted by Crippen LogP contribution is 2.29. The van der Waals surface area contributed by atoms with Gasteiger partial charge in [-0.15, -0.1) is 0 Å². The van der Waals surface area contributed by atoms with Crippen LogP contribution in [0.3, 0.4) is 0 Å².